The molecule has 1 aliphatic heterocycles. The van der Waals surface area contributed by atoms with Crippen LogP contribution in [-0.4, -0.2) is 38.5 Å². The van der Waals surface area contributed by atoms with Gasteiger partial charge in [-0.1, -0.05) is 18.2 Å². The minimum Gasteiger partial charge on any atom is -0.285 e. The molecule has 2 aromatic carbocycles. The van der Waals surface area contributed by atoms with Crippen LogP contribution in [0, 0.1) is 11.6 Å². The van der Waals surface area contributed by atoms with Crippen molar-refractivity contribution in [3.8, 4) is 22.4 Å². The van der Waals surface area contributed by atoms with Crippen molar-refractivity contribution in [2.75, 3.05) is 0 Å². The molecular formula is C24H15F5N6. The zero-order chi connectivity index (χ0) is 24.6. The summed E-state index contributed by atoms with van der Waals surface area (Å²) >= 11 is 0. The minimum atomic E-state index is -4.60. The predicted octanol–water partition coefficient (Wildman–Crippen LogP) is 5.27. The Morgan fingerprint density at radius 1 is 0.914 bits per heavy atom. The molecule has 0 fully saturated rings. The molecule has 1 N–H and O–H groups in total. The number of halogens is 5. The number of aromatic amines is 1. The molecule has 0 saturated carbocycles. The normalized spacial score (nSPS) is 15.5. The van der Waals surface area contributed by atoms with E-state index >= 15 is 0 Å². The first-order valence-corrected chi connectivity index (χ1v) is 10.4. The smallest absolute Gasteiger partial charge is 0.285 e. The van der Waals surface area contributed by atoms with Crippen molar-refractivity contribution in [1.29, 1.82) is 0 Å². The number of aromatic nitrogens is 4. The van der Waals surface area contributed by atoms with Gasteiger partial charge in [0.15, 0.2) is 17.5 Å². The van der Waals surface area contributed by atoms with Crippen LogP contribution in [0.3, 0.4) is 0 Å². The lowest BCUT2D eigenvalue weighted by Gasteiger charge is -2.14. The first-order chi connectivity index (χ1) is 16.8. The average molecular weight is 482 g/mol. The van der Waals surface area contributed by atoms with Gasteiger partial charge in [-0.3, -0.25) is 10.1 Å². The standard InChI is InChI=1S/C24H15F5N6/c25-20-3-1-2-18(22(20)26)23-30-12-16(33-23)9-15-5-7-21(35-34-15)17-6-4-13(14-10-31-32-11-14)8-19(17)24(27,28)29/h1-8,10-12,16H,9H2,(H,31,32). The summed E-state index contributed by atoms with van der Waals surface area (Å²) < 4.78 is 68.8. The molecule has 0 spiro atoms. The number of nitrogens with zero attached hydrogens (tertiary/aromatic N) is 5. The molecule has 5 rings (SSSR count). The van der Waals surface area contributed by atoms with E-state index in [0.29, 0.717) is 16.8 Å². The van der Waals surface area contributed by atoms with Gasteiger partial charge in [0.05, 0.1) is 34.8 Å². The zero-order valence-corrected chi connectivity index (χ0v) is 17.8. The van der Waals surface area contributed by atoms with Gasteiger partial charge in [0.2, 0.25) is 0 Å². The lowest BCUT2D eigenvalue weighted by atomic mass is 9.98. The molecule has 1 atom stereocenters. The van der Waals surface area contributed by atoms with Crippen LogP contribution in [-0.2, 0) is 12.6 Å². The SMILES string of the molecule is Fc1cccc(C2=NC(Cc3ccc(-c4ccc(-c5cn[nH]c5)cc4C(F)(F)F)nn3)C=N2)c1F. The highest BCUT2D eigenvalue weighted by Crippen LogP contribution is 2.38. The van der Waals surface area contributed by atoms with Crippen LogP contribution in [0.1, 0.15) is 16.8 Å². The van der Waals surface area contributed by atoms with Gasteiger partial charge in [0.1, 0.15) is 0 Å². The summed E-state index contributed by atoms with van der Waals surface area (Å²) in [5.74, 6) is -1.97. The third-order valence-corrected chi connectivity index (χ3v) is 5.42. The molecule has 11 heteroatoms. The summed E-state index contributed by atoms with van der Waals surface area (Å²) in [7, 11) is 0. The summed E-state index contributed by atoms with van der Waals surface area (Å²) in [5, 5.41) is 14.4. The van der Waals surface area contributed by atoms with Gasteiger partial charge in [-0.25, -0.2) is 13.8 Å². The van der Waals surface area contributed by atoms with Crippen LogP contribution in [0.15, 0.2) is 70.9 Å². The molecule has 0 radical (unpaired) electrons. The molecule has 0 saturated heterocycles. The van der Waals surface area contributed by atoms with E-state index in [9.17, 15) is 22.0 Å². The van der Waals surface area contributed by atoms with Crippen LogP contribution < -0.4 is 0 Å². The number of aliphatic imine (C=N–C) groups is 2. The highest BCUT2D eigenvalue weighted by molar-refractivity contribution is 6.07. The van der Waals surface area contributed by atoms with Crippen molar-refractivity contribution in [2.45, 2.75) is 18.6 Å². The molecule has 3 heterocycles. The average Bonchev–Trinajstić information content (AvgIpc) is 3.53. The van der Waals surface area contributed by atoms with Gasteiger partial charge >= 0.3 is 6.18 Å². The Morgan fingerprint density at radius 3 is 2.49 bits per heavy atom. The predicted molar refractivity (Wildman–Crippen MR) is 119 cm³/mol. The molecule has 1 aliphatic rings. The lowest BCUT2D eigenvalue weighted by Crippen LogP contribution is -2.11. The number of rotatable bonds is 5. The Kier molecular flexibility index (Phi) is 5.67. The van der Waals surface area contributed by atoms with Crippen molar-refractivity contribution >= 4 is 12.1 Å². The Hall–Kier alpha value is -4.28. The van der Waals surface area contributed by atoms with E-state index in [0.717, 1.165) is 12.1 Å². The van der Waals surface area contributed by atoms with Crippen LogP contribution >= 0.6 is 0 Å². The van der Waals surface area contributed by atoms with Crippen molar-refractivity contribution in [3.05, 3.63) is 89.4 Å². The van der Waals surface area contributed by atoms with E-state index in [-0.39, 0.29) is 29.1 Å². The zero-order valence-electron chi connectivity index (χ0n) is 17.8. The Labute approximate surface area is 195 Å². The number of amidine groups is 1. The van der Waals surface area contributed by atoms with E-state index in [1.54, 1.807) is 12.1 Å². The van der Waals surface area contributed by atoms with Gasteiger partial charge in [-0.15, -0.1) is 0 Å². The maximum Gasteiger partial charge on any atom is 0.417 e. The second-order valence-electron chi connectivity index (χ2n) is 7.76. The third kappa shape index (κ3) is 4.57. The summed E-state index contributed by atoms with van der Waals surface area (Å²) in [6.07, 6.45) is 0.0563. The fourth-order valence-electron chi connectivity index (χ4n) is 3.71. The van der Waals surface area contributed by atoms with Gasteiger partial charge in [-0.2, -0.15) is 28.5 Å². The summed E-state index contributed by atoms with van der Waals surface area (Å²) in [5.41, 5.74) is 0.414. The maximum absolute atomic E-state index is 14.0. The number of nitrogens with one attached hydrogen (secondary N) is 1. The number of alkyl halides is 3. The monoisotopic (exact) mass is 482 g/mol. The van der Waals surface area contributed by atoms with Gasteiger partial charge in [-0.05, 0) is 35.9 Å². The molecular weight excluding hydrogens is 467 g/mol. The third-order valence-electron chi connectivity index (χ3n) is 5.42. The first kappa shape index (κ1) is 22.5. The van der Waals surface area contributed by atoms with Crippen LogP contribution in [0.5, 0.6) is 0 Å². The summed E-state index contributed by atoms with van der Waals surface area (Å²) in [4.78, 5) is 8.34. The summed E-state index contributed by atoms with van der Waals surface area (Å²) in [6, 6.07) is 10.2. The van der Waals surface area contributed by atoms with E-state index < -0.39 is 29.4 Å². The lowest BCUT2D eigenvalue weighted by molar-refractivity contribution is -0.137. The van der Waals surface area contributed by atoms with Gasteiger partial charge in [0, 0.05) is 30.0 Å². The molecule has 35 heavy (non-hydrogen) atoms. The molecule has 6 nitrogen and oxygen atoms in total. The van der Waals surface area contributed by atoms with E-state index in [1.165, 1.54) is 42.9 Å². The van der Waals surface area contributed by atoms with Gasteiger partial charge in [0.25, 0.3) is 0 Å². The second kappa shape index (κ2) is 8.82. The molecule has 4 aromatic rings. The molecule has 1 unspecified atom stereocenters. The molecule has 2 aromatic heterocycles. The second-order valence-corrected chi connectivity index (χ2v) is 7.76. The molecule has 0 amide bonds. The van der Waals surface area contributed by atoms with Crippen LogP contribution in [0.4, 0.5) is 22.0 Å². The highest BCUT2D eigenvalue weighted by atomic mass is 19.4. The number of benzene rings is 2. The maximum atomic E-state index is 14.0. The van der Waals surface area contributed by atoms with E-state index in [4.69, 9.17) is 0 Å². The highest BCUT2D eigenvalue weighted by Gasteiger charge is 2.34. The van der Waals surface area contributed by atoms with Crippen molar-refractivity contribution in [2.24, 2.45) is 9.98 Å². The largest absolute Gasteiger partial charge is 0.417 e. The van der Waals surface area contributed by atoms with E-state index in [2.05, 4.69) is 30.4 Å². The Balaban J connectivity index is 1.37. The van der Waals surface area contributed by atoms with E-state index in [1.807, 2.05) is 0 Å². The topological polar surface area (TPSA) is 79.2 Å². The molecule has 176 valence electrons. The molecule has 0 bridgehead atoms. The fraction of sp³-hybridized carbons (Fsp3) is 0.125. The van der Waals surface area contributed by atoms with Gasteiger partial charge < -0.3 is 0 Å². The number of H-pyrrole nitrogens is 1. The quantitative estimate of drug-likeness (QED) is 0.394. The fourth-order valence-corrected chi connectivity index (χ4v) is 3.71. The summed E-state index contributed by atoms with van der Waals surface area (Å²) in [6.45, 7) is 0. The van der Waals surface area contributed by atoms with Crippen molar-refractivity contribution in [3.63, 3.8) is 0 Å². The Morgan fingerprint density at radius 2 is 1.77 bits per heavy atom. The van der Waals surface area contributed by atoms with Crippen molar-refractivity contribution in [1.82, 2.24) is 20.4 Å². The number of hydrogen-bond donors (Lipinski definition) is 1. The minimum absolute atomic E-state index is 0.0521. The number of hydrogen-bond acceptors (Lipinski definition) is 5. The molecule has 0 aliphatic carbocycles. The first-order valence-electron chi connectivity index (χ1n) is 10.4. The van der Waals surface area contributed by atoms with Crippen LogP contribution in [0.25, 0.3) is 22.4 Å². The van der Waals surface area contributed by atoms with Crippen molar-refractivity contribution < 1.29 is 22.0 Å². The Bertz CT molecular complexity index is 1430. The van der Waals surface area contributed by atoms with Crippen LogP contribution in [0.2, 0.25) is 0 Å².